The zero-order valence-electron chi connectivity index (χ0n) is 12.9. The van der Waals surface area contributed by atoms with E-state index in [0.717, 1.165) is 21.5 Å². The largest absolute Gasteiger partial charge is 0.506 e. The molecule has 0 atom stereocenters. The van der Waals surface area contributed by atoms with E-state index in [9.17, 15) is 10.2 Å². The summed E-state index contributed by atoms with van der Waals surface area (Å²) in [7, 11) is 0. The number of hydrogen-bond acceptors (Lipinski definition) is 2. The molecule has 4 aromatic rings. The first-order chi connectivity index (χ1) is 11.6. The van der Waals surface area contributed by atoms with Crippen LogP contribution in [0.1, 0.15) is 0 Å². The van der Waals surface area contributed by atoms with E-state index in [1.165, 1.54) is 0 Å². The molecule has 0 saturated carbocycles. The van der Waals surface area contributed by atoms with Crippen LogP contribution in [0.5, 0.6) is 11.5 Å². The van der Waals surface area contributed by atoms with Crippen LogP contribution in [0.25, 0.3) is 32.7 Å². The third kappa shape index (κ3) is 2.90. The topological polar surface area (TPSA) is 40.5 Å². The summed E-state index contributed by atoms with van der Waals surface area (Å²) in [4.78, 5) is 0. The molecule has 0 heterocycles. The molecule has 122 valence electrons. The van der Waals surface area contributed by atoms with Crippen molar-refractivity contribution in [3.05, 3.63) is 70.7 Å². The Kier molecular flexibility index (Phi) is 4.99. The average Bonchev–Trinajstić information content (AvgIpc) is 2.58. The van der Waals surface area contributed by atoms with Gasteiger partial charge in [-0.3, -0.25) is 0 Å². The Hall–Kier alpha value is -1.71. The van der Waals surface area contributed by atoms with Crippen LogP contribution in [0, 0.1) is 0 Å². The zero-order chi connectivity index (χ0) is 16.8. The van der Waals surface area contributed by atoms with Crippen molar-refractivity contribution in [3.8, 4) is 22.6 Å². The molecule has 0 saturated heterocycles. The van der Waals surface area contributed by atoms with Crippen molar-refractivity contribution in [3.63, 3.8) is 0 Å². The van der Waals surface area contributed by atoms with Crippen LogP contribution in [0.15, 0.2) is 60.7 Å². The van der Waals surface area contributed by atoms with Crippen LogP contribution in [0.3, 0.4) is 0 Å². The van der Waals surface area contributed by atoms with Gasteiger partial charge in [-0.15, -0.1) is 0 Å². The number of halogens is 2. The van der Waals surface area contributed by atoms with E-state index >= 15 is 0 Å². The molecule has 0 aliphatic rings. The predicted molar refractivity (Wildman–Crippen MR) is 100 cm³/mol. The number of hydrogen-bond donors (Lipinski definition) is 2. The van der Waals surface area contributed by atoms with Gasteiger partial charge in [-0.2, -0.15) is 0 Å². The van der Waals surface area contributed by atoms with Crippen molar-refractivity contribution in [1.29, 1.82) is 0 Å². The Labute approximate surface area is 169 Å². The molecule has 0 aliphatic carbocycles. The average molecular weight is 403 g/mol. The fourth-order valence-electron chi connectivity index (χ4n) is 3.11. The summed E-state index contributed by atoms with van der Waals surface area (Å²) in [6.45, 7) is 0. The van der Waals surface area contributed by atoms with Crippen molar-refractivity contribution < 1.29 is 31.9 Å². The number of fused-ring (bicyclic) bond motifs is 2. The standard InChI is InChI=1S/C20H12Cl2O2.Ti/c21-15-9-11-5-1-3-7-13(11)17(19(15)23)18-14-8-4-2-6-12(14)10-16(22)20(18)24;/h1-10,23-24H;. The van der Waals surface area contributed by atoms with Crippen molar-refractivity contribution in [2.24, 2.45) is 0 Å². The normalized spacial score (nSPS) is 10.8. The first kappa shape index (κ1) is 18.1. The summed E-state index contributed by atoms with van der Waals surface area (Å²) in [5, 5.41) is 25.1. The molecule has 2 N–H and O–H groups in total. The van der Waals surface area contributed by atoms with Crippen LogP contribution in [0.4, 0.5) is 0 Å². The fraction of sp³-hybridized carbons (Fsp3) is 0. The van der Waals surface area contributed by atoms with Crippen LogP contribution in [-0.2, 0) is 21.7 Å². The quantitative estimate of drug-likeness (QED) is 0.363. The second kappa shape index (κ2) is 6.89. The van der Waals surface area contributed by atoms with Gasteiger partial charge in [0.2, 0.25) is 0 Å². The molecule has 4 aromatic carbocycles. The minimum absolute atomic E-state index is 0. The van der Waals surface area contributed by atoms with E-state index in [1.807, 2.05) is 48.5 Å². The molecule has 0 amide bonds. The first-order valence-electron chi connectivity index (χ1n) is 7.38. The third-order valence-corrected chi connectivity index (χ3v) is 4.78. The van der Waals surface area contributed by atoms with Crippen LogP contribution < -0.4 is 0 Å². The summed E-state index contributed by atoms with van der Waals surface area (Å²) >= 11 is 12.4. The van der Waals surface area contributed by atoms with Crippen molar-refractivity contribution >= 4 is 44.7 Å². The molecule has 0 fully saturated rings. The molecule has 2 nitrogen and oxygen atoms in total. The molecule has 0 unspecified atom stereocenters. The molecule has 4 rings (SSSR count). The maximum atomic E-state index is 10.6. The van der Waals surface area contributed by atoms with Gasteiger partial charge >= 0.3 is 0 Å². The van der Waals surface area contributed by atoms with Crippen molar-refractivity contribution in [2.45, 2.75) is 0 Å². The summed E-state index contributed by atoms with van der Waals surface area (Å²) in [5.74, 6) is -0.142. The molecule has 0 aliphatic heterocycles. The smallest absolute Gasteiger partial charge is 0.142 e. The number of phenols is 2. The molecular formula is C20H12Cl2O2Ti. The van der Waals surface area contributed by atoms with Gasteiger partial charge in [-0.1, -0.05) is 71.7 Å². The molecular weight excluding hydrogens is 391 g/mol. The minimum atomic E-state index is -0.0712. The summed E-state index contributed by atoms with van der Waals surface area (Å²) in [5.41, 5.74) is 0.962. The number of aromatic hydroxyl groups is 2. The molecule has 0 bridgehead atoms. The Morgan fingerprint density at radius 2 is 0.960 bits per heavy atom. The molecule has 0 radical (unpaired) electrons. The molecule has 0 spiro atoms. The Balaban J connectivity index is 0.00000182. The van der Waals surface area contributed by atoms with E-state index in [-0.39, 0.29) is 43.3 Å². The first-order valence-corrected chi connectivity index (χ1v) is 8.14. The summed E-state index contributed by atoms with van der Waals surface area (Å²) in [6.07, 6.45) is 0. The SMILES string of the molecule is Oc1c(Cl)cc2ccccc2c1-c1c(O)c(Cl)cc2ccccc12.[Ti]. The second-order valence-electron chi connectivity index (χ2n) is 5.61. The van der Waals surface area contributed by atoms with Gasteiger partial charge in [-0.25, -0.2) is 0 Å². The fourth-order valence-corrected chi connectivity index (χ4v) is 3.54. The van der Waals surface area contributed by atoms with Crippen LogP contribution >= 0.6 is 23.2 Å². The van der Waals surface area contributed by atoms with Crippen LogP contribution in [0.2, 0.25) is 10.0 Å². The zero-order valence-corrected chi connectivity index (χ0v) is 16.0. The van der Waals surface area contributed by atoms with Gasteiger partial charge < -0.3 is 10.2 Å². The Bertz CT molecular complexity index is 1020. The van der Waals surface area contributed by atoms with Crippen molar-refractivity contribution in [2.75, 3.05) is 0 Å². The van der Waals surface area contributed by atoms with Gasteiger partial charge in [-0.05, 0) is 33.7 Å². The molecule has 25 heavy (non-hydrogen) atoms. The van der Waals surface area contributed by atoms with Gasteiger partial charge in [0.15, 0.2) is 0 Å². The van der Waals surface area contributed by atoms with E-state index in [2.05, 4.69) is 0 Å². The molecule has 5 heteroatoms. The number of benzene rings is 4. The van der Waals surface area contributed by atoms with E-state index in [4.69, 9.17) is 23.2 Å². The maximum Gasteiger partial charge on any atom is 0.142 e. The summed E-state index contributed by atoms with van der Waals surface area (Å²) < 4.78 is 0. The van der Waals surface area contributed by atoms with E-state index < -0.39 is 0 Å². The minimum Gasteiger partial charge on any atom is -0.506 e. The van der Waals surface area contributed by atoms with Crippen molar-refractivity contribution in [1.82, 2.24) is 0 Å². The maximum absolute atomic E-state index is 10.6. The number of phenolic OH excluding ortho intramolecular Hbond substituents is 2. The Morgan fingerprint density at radius 3 is 1.36 bits per heavy atom. The van der Waals surface area contributed by atoms with Crippen LogP contribution in [-0.4, -0.2) is 10.2 Å². The second-order valence-corrected chi connectivity index (χ2v) is 6.42. The van der Waals surface area contributed by atoms with Gasteiger partial charge in [0, 0.05) is 32.8 Å². The van der Waals surface area contributed by atoms with Gasteiger partial charge in [0.25, 0.3) is 0 Å². The van der Waals surface area contributed by atoms with E-state index in [0.29, 0.717) is 11.1 Å². The van der Waals surface area contributed by atoms with Gasteiger partial charge in [0.05, 0.1) is 10.0 Å². The predicted octanol–water partition coefficient (Wildman–Crippen LogP) is 6.38. The Morgan fingerprint density at radius 1 is 0.600 bits per heavy atom. The summed E-state index contributed by atoms with van der Waals surface area (Å²) in [6, 6.07) is 18.6. The third-order valence-electron chi connectivity index (χ3n) is 4.20. The van der Waals surface area contributed by atoms with Gasteiger partial charge in [0.1, 0.15) is 11.5 Å². The number of rotatable bonds is 1. The van der Waals surface area contributed by atoms with E-state index in [1.54, 1.807) is 12.1 Å². The molecule has 0 aromatic heterocycles. The monoisotopic (exact) mass is 402 g/mol.